The van der Waals surface area contributed by atoms with Gasteiger partial charge in [-0.25, -0.2) is 0 Å². The molecule has 0 aromatic heterocycles. The first-order chi connectivity index (χ1) is 8.66. The number of nitrogens with two attached hydrogens (primary N) is 1. The number of methoxy groups -OCH3 is 1. The molecule has 1 rings (SSSR count). The third kappa shape index (κ3) is 3.72. The largest absolute Gasteiger partial charge is 0.495 e. The number of halogens is 4. The van der Waals surface area contributed by atoms with Crippen molar-refractivity contribution in [3.05, 3.63) is 26.8 Å². The first-order valence-corrected chi connectivity index (χ1v) is 5.84. The van der Waals surface area contributed by atoms with Crippen LogP contribution in [-0.4, -0.2) is 19.0 Å². The summed E-state index contributed by atoms with van der Waals surface area (Å²) in [5.74, 6) is -1.61. The van der Waals surface area contributed by atoms with Gasteiger partial charge in [0.15, 0.2) is 5.96 Å². The molecule has 104 valence electrons. The molecule has 0 saturated carbocycles. The Hall–Kier alpha value is -1.52. The van der Waals surface area contributed by atoms with Crippen molar-refractivity contribution in [2.75, 3.05) is 7.11 Å². The Morgan fingerprint density at radius 2 is 2.05 bits per heavy atom. The van der Waals surface area contributed by atoms with E-state index in [-0.39, 0.29) is 14.9 Å². The summed E-state index contributed by atoms with van der Waals surface area (Å²) in [6, 6.07) is 1.52. The molecule has 0 heterocycles. The van der Waals surface area contributed by atoms with Gasteiger partial charge in [-0.05, 0) is 34.7 Å². The number of carbonyl (C=O) groups is 1. The zero-order valence-electron chi connectivity index (χ0n) is 9.56. The summed E-state index contributed by atoms with van der Waals surface area (Å²) >= 11 is 1.63. The normalized spacial score (nSPS) is 11.0. The van der Waals surface area contributed by atoms with Crippen molar-refractivity contribution in [2.24, 2.45) is 5.73 Å². The third-order valence-electron chi connectivity index (χ3n) is 2.07. The van der Waals surface area contributed by atoms with Crippen LogP contribution in [0.1, 0.15) is 15.9 Å². The van der Waals surface area contributed by atoms with Gasteiger partial charge in [-0.2, -0.15) is 13.2 Å². The summed E-state index contributed by atoms with van der Waals surface area (Å²) in [5, 5.41) is 8.82. The maximum Gasteiger partial charge on any atom is 0.416 e. The number of hydrogen-bond acceptors (Lipinski definition) is 3. The molecule has 1 aromatic carbocycles. The van der Waals surface area contributed by atoms with Crippen LogP contribution in [0.3, 0.4) is 0 Å². The van der Waals surface area contributed by atoms with Crippen LogP contribution in [-0.2, 0) is 6.18 Å². The van der Waals surface area contributed by atoms with Gasteiger partial charge < -0.3 is 10.5 Å². The molecule has 1 amide bonds. The number of nitrogens with one attached hydrogen (secondary N) is 2. The second-order valence-electron chi connectivity index (χ2n) is 3.40. The minimum atomic E-state index is -4.59. The van der Waals surface area contributed by atoms with Gasteiger partial charge in [-0.3, -0.25) is 15.5 Å². The smallest absolute Gasteiger partial charge is 0.416 e. The highest BCUT2D eigenvalue weighted by Crippen LogP contribution is 2.35. The van der Waals surface area contributed by atoms with E-state index in [1.807, 2.05) is 5.32 Å². The van der Waals surface area contributed by atoms with Gasteiger partial charge in [0.2, 0.25) is 0 Å². The van der Waals surface area contributed by atoms with Gasteiger partial charge in [0, 0.05) is 0 Å². The van der Waals surface area contributed by atoms with Crippen molar-refractivity contribution in [2.45, 2.75) is 6.18 Å². The minimum absolute atomic E-state index is 0.00708. The van der Waals surface area contributed by atoms with Crippen molar-refractivity contribution >= 4 is 34.5 Å². The molecule has 1 aromatic rings. The van der Waals surface area contributed by atoms with E-state index in [1.54, 1.807) is 22.6 Å². The number of benzene rings is 1. The molecule has 0 aliphatic carbocycles. The Morgan fingerprint density at radius 1 is 1.47 bits per heavy atom. The van der Waals surface area contributed by atoms with E-state index >= 15 is 0 Å². The number of carbonyl (C=O) groups excluding carboxylic acids is 1. The predicted molar refractivity (Wildman–Crippen MR) is 70.1 cm³/mol. The summed E-state index contributed by atoms with van der Waals surface area (Å²) in [6.07, 6.45) is -4.59. The molecule has 5 nitrogen and oxygen atoms in total. The molecule has 0 aliphatic rings. The SMILES string of the molecule is COc1c(I)cc(C(F)(F)F)cc1C(=O)NC(=N)N. The van der Waals surface area contributed by atoms with Gasteiger partial charge in [-0.1, -0.05) is 0 Å². The molecule has 0 aliphatic heterocycles. The fourth-order valence-electron chi connectivity index (χ4n) is 1.32. The molecule has 0 spiro atoms. The Bertz CT molecular complexity index is 531. The predicted octanol–water partition coefficient (Wildman–Crippen LogP) is 1.94. The van der Waals surface area contributed by atoms with Crippen molar-refractivity contribution in [1.29, 1.82) is 5.41 Å². The third-order valence-corrected chi connectivity index (χ3v) is 2.87. The zero-order valence-corrected chi connectivity index (χ0v) is 11.7. The number of ether oxygens (including phenoxy) is 1. The van der Waals surface area contributed by atoms with E-state index in [0.29, 0.717) is 6.07 Å². The standard InChI is InChI=1S/C10H9F3IN3O2/c1-19-7-5(8(18)17-9(15)16)2-4(3-6(7)14)10(11,12)13/h2-3H,1H3,(H4,15,16,17,18). The van der Waals surface area contributed by atoms with Crippen LogP contribution in [0.2, 0.25) is 0 Å². The molecule has 0 saturated heterocycles. The number of guanidine groups is 1. The van der Waals surface area contributed by atoms with E-state index in [4.69, 9.17) is 15.9 Å². The second-order valence-corrected chi connectivity index (χ2v) is 4.57. The van der Waals surface area contributed by atoms with Crippen LogP contribution in [0.25, 0.3) is 0 Å². The lowest BCUT2D eigenvalue weighted by atomic mass is 10.1. The number of alkyl halides is 3. The molecule has 4 N–H and O–H groups in total. The van der Waals surface area contributed by atoms with Gasteiger partial charge in [0.25, 0.3) is 5.91 Å². The molecule has 0 bridgehead atoms. The molecular formula is C10H9F3IN3O2. The van der Waals surface area contributed by atoms with Crippen LogP contribution >= 0.6 is 22.6 Å². The fourth-order valence-corrected chi connectivity index (χ4v) is 2.17. The van der Waals surface area contributed by atoms with E-state index in [9.17, 15) is 18.0 Å². The highest BCUT2D eigenvalue weighted by Gasteiger charge is 2.33. The van der Waals surface area contributed by atoms with Gasteiger partial charge in [-0.15, -0.1) is 0 Å². The lowest BCUT2D eigenvalue weighted by Crippen LogP contribution is -2.36. The average molecular weight is 387 g/mol. The maximum atomic E-state index is 12.7. The number of hydrogen-bond donors (Lipinski definition) is 3. The van der Waals surface area contributed by atoms with Crippen molar-refractivity contribution in [1.82, 2.24) is 5.32 Å². The Morgan fingerprint density at radius 3 is 2.47 bits per heavy atom. The summed E-state index contributed by atoms with van der Waals surface area (Å²) in [7, 11) is 1.23. The summed E-state index contributed by atoms with van der Waals surface area (Å²) in [6.45, 7) is 0. The number of rotatable bonds is 2. The highest BCUT2D eigenvalue weighted by molar-refractivity contribution is 14.1. The summed E-state index contributed by atoms with van der Waals surface area (Å²) in [5.41, 5.74) is 3.65. The first-order valence-electron chi connectivity index (χ1n) is 4.77. The Labute approximate surface area is 119 Å². The molecule has 9 heteroatoms. The van der Waals surface area contributed by atoms with Gasteiger partial charge in [0.05, 0.1) is 21.8 Å². The topological polar surface area (TPSA) is 88.2 Å². The molecule has 19 heavy (non-hydrogen) atoms. The van der Waals surface area contributed by atoms with E-state index in [0.717, 1.165) is 6.07 Å². The van der Waals surface area contributed by atoms with Crippen molar-refractivity contribution < 1.29 is 22.7 Å². The van der Waals surface area contributed by atoms with Crippen molar-refractivity contribution in [3.63, 3.8) is 0 Å². The van der Waals surface area contributed by atoms with Crippen molar-refractivity contribution in [3.8, 4) is 5.75 Å². The second kappa shape index (κ2) is 5.63. The maximum absolute atomic E-state index is 12.7. The van der Waals surface area contributed by atoms with Gasteiger partial charge in [0.1, 0.15) is 5.75 Å². The molecule has 0 unspecified atom stereocenters. The van der Waals surface area contributed by atoms with Gasteiger partial charge >= 0.3 is 6.18 Å². The van der Waals surface area contributed by atoms with Crippen LogP contribution in [0.4, 0.5) is 13.2 Å². The molecule has 0 radical (unpaired) electrons. The van der Waals surface area contributed by atoms with Crippen LogP contribution in [0.5, 0.6) is 5.75 Å². The van der Waals surface area contributed by atoms with E-state index in [2.05, 4.69) is 0 Å². The summed E-state index contributed by atoms with van der Waals surface area (Å²) < 4.78 is 43.0. The number of amides is 1. The molecule has 0 fully saturated rings. The molecule has 0 atom stereocenters. The zero-order chi connectivity index (χ0) is 14.8. The summed E-state index contributed by atoms with van der Waals surface area (Å²) in [4.78, 5) is 11.7. The van der Waals surface area contributed by atoms with Crippen LogP contribution in [0.15, 0.2) is 12.1 Å². The minimum Gasteiger partial charge on any atom is -0.495 e. The van der Waals surface area contributed by atoms with E-state index < -0.39 is 23.6 Å². The first kappa shape index (κ1) is 15.5. The lowest BCUT2D eigenvalue weighted by molar-refractivity contribution is -0.137. The average Bonchev–Trinajstić information content (AvgIpc) is 2.25. The van der Waals surface area contributed by atoms with Crippen LogP contribution < -0.4 is 15.8 Å². The van der Waals surface area contributed by atoms with Crippen LogP contribution in [0, 0.1) is 8.98 Å². The quantitative estimate of drug-likeness (QED) is 0.412. The molecular weight excluding hydrogens is 378 g/mol. The fraction of sp³-hybridized carbons (Fsp3) is 0.200. The Kier molecular flexibility index (Phi) is 4.61. The van der Waals surface area contributed by atoms with E-state index in [1.165, 1.54) is 7.11 Å². The highest BCUT2D eigenvalue weighted by atomic mass is 127. The Balaban J connectivity index is 3.38. The monoisotopic (exact) mass is 387 g/mol. The lowest BCUT2D eigenvalue weighted by Gasteiger charge is -2.14.